The third-order valence-corrected chi connectivity index (χ3v) is 3.71. The molecule has 0 radical (unpaired) electrons. The molecular formula is C16H18N2OS. The number of hydrogen-bond acceptors (Lipinski definition) is 2. The van der Waals surface area contributed by atoms with Crippen LogP contribution in [0.3, 0.4) is 0 Å². The molecule has 0 saturated heterocycles. The standard InChI is InChI=1S/C16H18N2OS/c19-16(18-13-14-7-3-1-4-8-14)17-11-12-20-15-9-5-2-6-10-15/h1-10H,11-13H2,(H2,17,18,19). The largest absolute Gasteiger partial charge is 0.337 e. The highest BCUT2D eigenvalue weighted by Gasteiger charge is 1.99. The maximum Gasteiger partial charge on any atom is 0.315 e. The van der Waals surface area contributed by atoms with Gasteiger partial charge in [0.25, 0.3) is 0 Å². The van der Waals surface area contributed by atoms with Gasteiger partial charge >= 0.3 is 6.03 Å². The molecule has 2 aromatic carbocycles. The summed E-state index contributed by atoms with van der Waals surface area (Å²) in [5.41, 5.74) is 1.10. The van der Waals surface area contributed by atoms with Gasteiger partial charge < -0.3 is 10.6 Å². The number of nitrogens with one attached hydrogen (secondary N) is 2. The first-order chi connectivity index (χ1) is 9.84. The summed E-state index contributed by atoms with van der Waals surface area (Å²) in [5, 5.41) is 5.69. The van der Waals surface area contributed by atoms with Gasteiger partial charge in [-0.05, 0) is 17.7 Å². The summed E-state index contributed by atoms with van der Waals surface area (Å²) in [6.45, 7) is 1.21. The van der Waals surface area contributed by atoms with E-state index in [0.717, 1.165) is 11.3 Å². The zero-order valence-electron chi connectivity index (χ0n) is 11.2. The number of thioether (sulfide) groups is 1. The quantitative estimate of drug-likeness (QED) is 0.632. The second-order valence-corrected chi connectivity index (χ2v) is 5.42. The number of carbonyl (C=O) groups is 1. The van der Waals surface area contributed by atoms with E-state index in [-0.39, 0.29) is 6.03 Å². The minimum absolute atomic E-state index is 0.123. The lowest BCUT2D eigenvalue weighted by molar-refractivity contribution is 0.241. The first-order valence-electron chi connectivity index (χ1n) is 6.58. The smallest absolute Gasteiger partial charge is 0.315 e. The van der Waals surface area contributed by atoms with E-state index in [1.54, 1.807) is 11.8 Å². The topological polar surface area (TPSA) is 41.1 Å². The maximum absolute atomic E-state index is 11.6. The molecule has 2 N–H and O–H groups in total. The van der Waals surface area contributed by atoms with E-state index in [1.165, 1.54) is 4.90 Å². The van der Waals surface area contributed by atoms with Crippen molar-refractivity contribution in [2.24, 2.45) is 0 Å². The summed E-state index contributed by atoms with van der Waals surface area (Å²) in [4.78, 5) is 12.8. The summed E-state index contributed by atoms with van der Waals surface area (Å²) < 4.78 is 0. The van der Waals surface area contributed by atoms with Crippen LogP contribution in [0.15, 0.2) is 65.6 Å². The van der Waals surface area contributed by atoms with Gasteiger partial charge in [-0.3, -0.25) is 0 Å². The maximum atomic E-state index is 11.6. The minimum Gasteiger partial charge on any atom is -0.337 e. The van der Waals surface area contributed by atoms with Crippen LogP contribution in [0, 0.1) is 0 Å². The van der Waals surface area contributed by atoms with Gasteiger partial charge in [-0.15, -0.1) is 11.8 Å². The Morgan fingerprint density at radius 2 is 1.55 bits per heavy atom. The molecule has 0 spiro atoms. The van der Waals surface area contributed by atoms with E-state index >= 15 is 0 Å². The first-order valence-corrected chi connectivity index (χ1v) is 7.56. The third-order valence-electron chi connectivity index (χ3n) is 2.70. The van der Waals surface area contributed by atoms with Gasteiger partial charge in [-0.25, -0.2) is 4.79 Å². The average Bonchev–Trinajstić information content (AvgIpc) is 2.52. The molecule has 0 heterocycles. The van der Waals surface area contributed by atoms with E-state index in [2.05, 4.69) is 22.8 Å². The zero-order valence-corrected chi connectivity index (χ0v) is 12.0. The summed E-state index contributed by atoms with van der Waals surface area (Å²) in [7, 11) is 0. The van der Waals surface area contributed by atoms with Crippen LogP contribution in [0.25, 0.3) is 0 Å². The molecule has 4 heteroatoms. The monoisotopic (exact) mass is 286 g/mol. The summed E-state index contributed by atoms with van der Waals surface area (Å²) in [6, 6.07) is 19.9. The van der Waals surface area contributed by atoms with Gasteiger partial charge in [-0.1, -0.05) is 48.5 Å². The molecule has 0 aliphatic carbocycles. The molecule has 0 aromatic heterocycles. The Bertz CT molecular complexity index is 517. The number of rotatable bonds is 6. The minimum atomic E-state index is -0.123. The Morgan fingerprint density at radius 1 is 0.900 bits per heavy atom. The van der Waals surface area contributed by atoms with Crippen molar-refractivity contribution in [3.63, 3.8) is 0 Å². The van der Waals surface area contributed by atoms with Gasteiger partial charge in [0, 0.05) is 23.7 Å². The van der Waals surface area contributed by atoms with Crippen molar-refractivity contribution in [3.05, 3.63) is 66.2 Å². The zero-order chi connectivity index (χ0) is 14.0. The molecule has 0 unspecified atom stereocenters. The van der Waals surface area contributed by atoms with Crippen LogP contribution in [0.2, 0.25) is 0 Å². The van der Waals surface area contributed by atoms with E-state index in [9.17, 15) is 4.79 Å². The number of benzene rings is 2. The Balaban J connectivity index is 1.59. The van der Waals surface area contributed by atoms with Gasteiger partial charge in [-0.2, -0.15) is 0 Å². The Kier molecular flexibility index (Phi) is 5.99. The van der Waals surface area contributed by atoms with Crippen LogP contribution >= 0.6 is 11.8 Å². The van der Waals surface area contributed by atoms with Crippen molar-refractivity contribution in [2.45, 2.75) is 11.4 Å². The average molecular weight is 286 g/mol. The van der Waals surface area contributed by atoms with Crippen LogP contribution in [-0.4, -0.2) is 18.3 Å². The van der Waals surface area contributed by atoms with Crippen LogP contribution in [-0.2, 0) is 6.54 Å². The molecule has 2 amide bonds. The van der Waals surface area contributed by atoms with Crippen molar-refractivity contribution in [3.8, 4) is 0 Å². The second kappa shape index (κ2) is 8.27. The van der Waals surface area contributed by atoms with Crippen molar-refractivity contribution < 1.29 is 4.79 Å². The molecule has 0 fully saturated rings. The van der Waals surface area contributed by atoms with Crippen molar-refractivity contribution in [2.75, 3.05) is 12.3 Å². The highest BCUT2D eigenvalue weighted by molar-refractivity contribution is 7.99. The Morgan fingerprint density at radius 3 is 2.25 bits per heavy atom. The van der Waals surface area contributed by atoms with Crippen LogP contribution < -0.4 is 10.6 Å². The number of urea groups is 1. The molecule has 2 rings (SSSR count). The van der Waals surface area contributed by atoms with Crippen LogP contribution in [0.5, 0.6) is 0 Å². The molecular weight excluding hydrogens is 268 g/mol. The van der Waals surface area contributed by atoms with Crippen LogP contribution in [0.4, 0.5) is 4.79 Å². The van der Waals surface area contributed by atoms with Crippen LogP contribution in [0.1, 0.15) is 5.56 Å². The van der Waals surface area contributed by atoms with Crippen molar-refractivity contribution in [1.82, 2.24) is 10.6 Å². The fourth-order valence-corrected chi connectivity index (χ4v) is 2.48. The van der Waals surface area contributed by atoms with Gasteiger partial charge in [0.05, 0.1) is 0 Å². The fraction of sp³-hybridized carbons (Fsp3) is 0.188. The van der Waals surface area contributed by atoms with E-state index < -0.39 is 0 Å². The predicted molar refractivity (Wildman–Crippen MR) is 83.8 cm³/mol. The molecule has 0 atom stereocenters. The van der Waals surface area contributed by atoms with Crippen molar-refractivity contribution in [1.29, 1.82) is 0 Å². The number of hydrogen-bond donors (Lipinski definition) is 2. The predicted octanol–water partition coefficient (Wildman–Crippen LogP) is 3.28. The lowest BCUT2D eigenvalue weighted by Crippen LogP contribution is -2.36. The first kappa shape index (κ1) is 14.5. The van der Waals surface area contributed by atoms with E-state index in [1.807, 2.05) is 48.5 Å². The molecule has 3 nitrogen and oxygen atoms in total. The van der Waals surface area contributed by atoms with Crippen molar-refractivity contribution >= 4 is 17.8 Å². The summed E-state index contributed by atoms with van der Waals surface area (Å²) in [6.07, 6.45) is 0. The molecule has 0 saturated carbocycles. The molecule has 0 aliphatic rings. The number of amides is 2. The Hall–Kier alpha value is -1.94. The molecule has 2 aromatic rings. The highest BCUT2D eigenvalue weighted by Crippen LogP contribution is 2.15. The highest BCUT2D eigenvalue weighted by atomic mass is 32.2. The van der Waals surface area contributed by atoms with E-state index in [0.29, 0.717) is 13.1 Å². The third kappa shape index (κ3) is 5.36. The lowest BCUT2D eigenvalue weighted by Gasteiger charge is -2.07. The SMILES string of the molecule is O=C(NCCSc1ccccc1)NCc1ccccc1. The van der Waals surface area contributed by atoms with E-state index in [4.69, 9.17) is 0 Å². The summed E-state index contributed by atoms with van der Waals surface area (Å²) >= 11 is 1.73. The number of carbonyl (C=O) groups excluding carboxylic acids is 1. The van der Waals surface area contributed by atoms with Gasteiger partial charge in [0.2, 0.25) is 0 Å². The normalized spacial score (nSPS) is 10.0. The summed E-state index contributed by atoms with van der Waals surface area (Å²) in [5.74, 6) is 0.864. The molecule has 0 bridgehead atoms. The second-order valence-electron chi connectivity index (χ2n) is 4.26. The molecule has 104 valence electrons. The fourth-order valence-electron chi connectivity index (χ4n) is 1.69. The van der Waals surface area contributed by atoms with Gasteiger partial charge in [0.15, 0.2) is 0 Å². The molecule has 0 aliphatic heterocycles. The lowest BCUT2D eigenvalue weighted by atomic mass is 10.2. The van der Waals surface area contributed by atoms with Gasteiger partial charge in [0.1, 0.15) is 0 Å². The Labute approximate surface area is 123 Å². The molecule has 20 heavy (non-hydrogen) atoms.